The fourth-order valence-corrected chi connectivity index (χ4v) is 30.7. The van der Waals surface area contributed by atoms with Gasteiger partial charge in [-0.25, -0.2) is 0 Å². The normalized spacial score (nSPS) is 12.1. The van der Waals surface area contributed by atoms with Crippen molar-refractivity contribution in [3.8, 4) is 51.7 Å². The van der Waals surface area contributed by atoms with Crippen molar-refractivity contribution >= 4 is 104 Å². The molecule has 12 nitrogen and oxygen atoms in total. The van der Waals surface area contributed by atoms with E-state index in [0.29, 0.717) is 36.5 Å². The molecule has 6 aromatic carbocycles. The van der Waals surface area contributed by atoms with E-state index in [1.807, 2.05) is 72.8 Å². The third-order valence-corrected chi connectivity index (χ3v) is 52.7. The van der Waals surface area contributed by atoms with Gasteiger partial charge >= 0.3 is 17.9 Å². The predicted molar refractivity (Wildman–Crippen MR) is 529 cm³/mol. The van der Waals surface area contributed by atoms with Crippen LogP contribution in [0.3, 0.4) is 0 Å². The Morgan fingerprint density at radius 2 is 0.358 bits per heavy atom. The molecular formula is C102H162O12Si6. The molecule has 6 aromatic rings. The van der Waals surface area contributed by atoms with E-state index in [-0.39, 0.29) is 17.9 Å². The summed E-state index contributed by atoms with van der Waals surface area (Å²) in [6.45, 7) is 47.3. The minimum atomic E-state index is -1.82. The number of unbranched alkanes of at least 4 members (excludes halogenated alkanes) is 12. The molecule has 0 N–H and O–H groups in total. The van der Waals surface area contributed by atoms with Gasteiger partial charge in [-0.05, 0) is 234 Å². The molecule has 18 heteroatoms. The highest BCUT2D eigenvalue weighted by Gasteiger charge is 2.37. The lowest BCUT2D eigenvalue weighted by atomic mass is 10.1. The Kier molecular flexibility index (Phi) is 50.5. The second-order valence-electron chi connectivity index (χ2n) is 32.9. The van der Waals surface area contributed by atoms with Crippen LogP contribution in [0.25, 0.3) is 36.5 Å². The molecule has 0 spiro atoms. The highest BCUT2D eigenvalue weighted by Crippen LogP contribution is 2.38. The van der Waals surface area contributed by atoms with E-state index < -0.39 is 49.9 Å². The summed E-state index contributed by atoms with van der Waals surface area (Å²) in [6, 6.07) is 62.2. The van der Waals surface area contributed by atoms with Crippen molar-refractivity contribution in [2.75, 3.05) is 0 Å². The topological polar surface area (TPSA) is 134 Å². The van der Waals surface area contributed by atoms with Crippen LogP contribution in [0.2, 0.25) is 109 Å². The lowest BCUT2D eigenvalue weighted by Gasteiger charge is -2.31. The standard InChI is InChI=1S/C36H58O4Si2.C34H54O4Si2.C32H50O4Si2/c1-8-15-16-17-18-19-20-21-36(37)38-33-26-24-31(25-27-33)22-23-32-28-34(39-41(9-2,10-3)11-4)30-35(29-32)40-42(12-5,13-6)14-7;1-8-15-16-17-18-19-34(35)36-31-24-22-29(23-25-31)20-21-30-26-32(37-39(9-2,10-3)11-4)28-33(27-30)38-40(12-5,13-6)14-7;1-8-15-16-17-32(33)34-29-22-20-27(21-23-29)18-19-28-24-30(35-37(9-2,10-3)11-4)26-31(25-28)36-38(12-5,13-6)14-7/h22-30H,8-21H2,1-7H3;20-28H,8-19H2,1-7H3;18-26H,8-17H2,1-7H3/b23-22+;21-20+;19-18+. The van der Waals surface area contributed by atoms with Gasteiger partial charge in [-0.1, -0.05) is 295 Å². The second-order valence-corrected chi connectivity index (χ2v) is 61.1. The van der Waals surface area contributed by atoms with Crippen LogP contribution in [0.15, 0.2) is 127 Å². The first-order valence-corrected chi connectivity index (χ1v) is 62.6. The zero-order valence-corrected chi connectivity index (χ0v) is 84.9. The number of hydrogen-bond acceptors (Lipinski definition) is 12. The highest BCUT2D eigenvalue weighted by atomic mass is 28.4. The molecular weight excluding hydrogens is 1590 g/mol. The monoisotopic (exact) mass is 1750 g/mol. The molecule has 0 unspecified atom stereocenters. The van der Waals surface area contributed by atoms with Crippen LogP contribution >= 0.6 is 0 Å². The van der Waals surface area contributed by atoms with Gasteiger partial charge < -0.3 is 40.8 Å². The van der Waals surface area contributed by atoms with Crippen molar-refractivity contribution < 1.29 is 55.2 Å². The third-order valence-electron chi connectivity index (χ3n) is 25.5. The van der Waals surface area contributed by atoms with Gasteiger partial charge in [0.05, 0.1) is 0 Å². The SMILES string of the molecule is CCCCCC(=O)Oc1ccc(/C=C/c2cc(O[Si](CC)(CC)CC)cc(O[Si](CC)(CC)CC)c2)cc1.CCCCCCCC(=O)Oc1ccc(/C=C/c2cc(O[Si](CC)(CC)CC)cc(O[Si](CC)(CC)CC)c2)cc1.CCCCCCCCCC(=O)Oc1ccc(/C=C/c2cc(O[Si](CC)(CC)CC)cc(O[Si](CC)(CC)CC)c2)cc1. The molecule has 120 heavy (non-hydrogen) atoms. The maximum Gasteiger partial charge on any atom is 0.311 e. The van der Waals surface area contributed by atoms with Gasteiger partial charge in [0.1, 0.15) is 51.7 Å². The Morgan fingerprint density at radius 3 is 0.542 bits per heavy atom. The van der Waals surface area contributed by atoms with Crippen molar-refractivity contribution in [3.05, 3.63) is 161 Å². The van der Waals surface area contributed by atoms with Gasteiger partial charge in [0.2, 0.25) is 49.9 Å². The molecule has 0 aliphatic rings. The zero-order valence-electron chi connectivity index (χ0n) is 78.9. The molecule has 0 heterocycles. The molecule has 0 aromatic heterocycles. The lowest BCUT2D eigenvalue weighted by molar-refractivity contribution is -0.135. The van der Waals surface area contributed by atoms with Crippen molar-refractivity contribution in [1.82, 2.24) is 0 Å². The number of hydrogen-bond donors (Lipinski definition) is 0. The minimum absolute atomic E-state index is 0.145. The zero-order chi connectivity index (χ0) is 88.3. The van der Waals surface area contributed by atoms with Gasteiger partial charge in [-0.15, -0.1) is 0 Å². The Labute approximate surface area is 736 Å². The lowest BCUT2D eigenvalue weighted by Crippen LogP contribution is -2.40. The van der Waals surface area contributed by atoms with Crippen LogP contribution in [0.1, 0.15) is 294 Å². The van der Waals surface area contributed by atoms with E-state index in [1.165, 1.54) is 51.4 Å². The summed E-state index contributed by atoms with van der Waals surface area (Å²) in [5.74, 6) is 6.90. The molecule has 0 saturated carbocycles. The molecule has 0 amide bonds. The molecule has 0 radical (unpaired) electrons. The average Bonchev–Trinajstić information content (AvgIpc) is 0.825. The maximum atomic E-state index is 12.3. The van der Waals surface area contributed by atoms with Crippen LogP contribution in [-0.4, -0.2) is 67.8 Å². The second kappa shape index (κ2) is 57.5. The van der Waals surface area contributed by atoms with Gasteiger partial charge in [0, 0.05) is 37.5 Å². The van der Waals surface area contributed by atoms with Gasteiger partial charge in [-0.3, -0.25) is 14.4 Å². The van der Waals surface area contributed by atoms with Gasteiger partial charge in [0.15, 0.2) is 0 Å². The quantitative estimate of drug-likeness (QED) is 0.0118. The summed E-state index contributed by atoms with van der Waals surface area (Å²) in [5, 5.41) is 0. The number of ether oxygens (including phenoxy) is 3. The Morgan fingerprint density at radius 1 is 0.200 bits per heavy atom. The highest BCUT2D eigenvalue weighted by molar-refractivity contribution is 6.76. The van der Waals surface area contributed by atoms with E-state index in [2.05, 4.69) is 236 Å². The largest absolute Gasteiger partial charge is 0.543 e. The summed E-state index contributed by atoms with van der Waals surface area (Å²) in [6.07, 6.45) is 31.0. The molecule has 0 fully saturated rings. The van der Waals surface area contributed by atoms with Gasteiger partial charge in [0.25, 0.3) is 0 Å². The fraction of sp³-hybridized carbons (Fsp3) is 0.559. The Hall–Kier alpha value is -6.95. The maximum absolute atomic E-state index is 12.3. The van der Waals surface area contributed by atoms with Crippen LogP contribution in [-0.2, 0) is 14.4 Å². The predicted octanol–water partition coefficient (Wildman–Crippen LogP) is 32.7. The Balaban J connectivity index is 0.000000379. The number of rotatable bonds is 57. The molecule has 666 valence electrons. The Bertz CT molecular complexity index is 3750. The first-order valence-electron chi connectivity index (χ1n) is 47.5. The number of esters is 3. The van der Waals surface area contributed by atoms with Crippen LogP contribution in [0, 0.1) is 0 Å². The summed E-state index contributed by atoms with van der Waals surface area (Å²) in [5.41, 5.74) is 6.36. The summed E-state index contributed by atoms with van der Waals surface area (Å²) >= 11 is 0. The molecule has 6 rings (SSSR count). The van der Waals surface area contributed by atoms with Crippen molar-refractivity contribution in [3.63, 3.8) is 0 Å². The van der Waals surface area contributed by atoms with Gasteiger partial charge in [-0.2, -0.15) is 0 Å². The van der Waals surface area contributed by atoms with Crippen molar-refractivity contribution in [2.24, 2.45) is 0 Å². The first kappa shape index (κ1) is 105. The van der Waals surface area contributed by atoms with Crippen LogP contribution in [0.4, 0.5) is 0 Å². The van der Waals surface area contributed by atoms with E-state index >= 15 is 0 Å². The molecule has 0 aliphatic heterocycles. The summed E-state index contributed by atoms with van der Waals surface area (Å²) in [7, 11) is -10.9. The molecule has 0 atom stereocenters. The third kappa shape index (κ3) is 36.8. The van der Waals surface area contributed by atoms with Crippen LogP contribution < -0.4 is 40.8 Å². The van der Waals surface area contributed by atoms with E-state index in [9.17, 15) is 14.4 Å². The summed E-state index contributed by atoms with van der Waals surface area (Å²) < 4.78 is 57.3. The number of carbonyl (C=O) groups is 3. The fourth-order valence-electron chi connectivity index (χ4n) is 15.4. The van der Waals surface area contributed by atoms with Crippen LogP contribution in [0.5, 0.6) is 51.7 Å². The van der Waals surface area contributed by atoms with Crippen molar-refractivity contribution in [1.29, 1.82) is 0 Å². The number of carbonyl (C=O) groups excluding carboxylic acids is 3. The van der Waals surface area contributed by atoms with E-state index in [1.54, 1.807) is 0 Å². The molecule has 0 saturated heterocycles. The summed E-state index contributed by atoms with van der Waals surface area (Å²) in [4.78, 5) is 36.5. The number of benzene rings is 6. The molecule has 0 bridgehead atoms. The minimum Gasteiger partial charge on any atom is -0.543 e. The van der Waals surface area contributed by atoms with Crippen molar-refractivity contribution in [2.45, 2.75) is 370 Å². The van der Waals surface area contributed by atoms with E-state index in [0.717, 1.165) is 222 Å². The first-order chi connectivity index (χ1) is 57.9. The molecule has 0 aliphatic carbocycles. The smallest absolute Gasteiger partial charge is 0.311 e. The average molecular weight is 1750 g/mol. The van der Waals surface area contributed by atoms with E-state index in [4.69, 9.17) is 40.8 Å².